The van der Waals surface area contributed by atoms with Gasteiger partial charge in [0, 0.05) is 6.42 Å². The van der Waals surface area contributed by atoms with Crippen molar-refractivity contribution < 1.29 is 39.3 Å². The normalized spacial score (nSPS) is 14.1. The molecule has 0 aliphatic heterocycles. The number of rotatable bonds is 17. The fraction of sp³-hybridized carbons (Fsp3) is 0.560. The van der Waals surface area contributed by atoms with Gasteiger partial charge in [-0.1, -0.05) is 26.0 Å². The summed E-state index contributed by atoms with van der Waals surface area (Å²) in [5.41, 5.74) is 11.8. The first kappa shape index (κ1) is 32.3. The molecule has 0 aliphatic rings. The lowest BCUT2D eigenvalue weighted by atomic mass is 10.0. The Morgan fingerprint density at radius 2 is 1.39 bits per heavy atom. The van der Waals surface area contributed by atoms with E-state index in [1.54, 1.807) is 0 Å². The van der Waals surface area contributed by atoms with Crippen LogP contribution in [-0.4, -0.2) is 75.7 Å². The first-order valence-electron chi connectivity index (χ1n) is 12.4. The maximum atomic E-state index is 13.1. The zero-order valence-corrected chi connectivity index (χ0v) is 21.7. The Bertz CT molecular complexity index is 954. The summed E-state index contributed by atoms with van der Waals surface area (Å²) >= 11 is 0. The molecule has 0 aliphatic carbocycles. The van der Waals surface area contributed by atoms with Gasteiger partial charge in [0.15, 0.2) is 0 Å². The van der Waals surface area contributed by atoms with Gasteiger partial charge in [-0.05, 0) is 55.8 Å². The summed E-state index contributed by atoms with van der Waals surface area (Å²) in [6.45, 7) is 4.06. The van der Waals surface area contributed by atoms with Gasteiger partial charge in [-0.25, -0.2) is 4.79 Å². The SMILES string of the molecule is CC(C)CC(N)C(=O)NC(CC(=O)O)C(=O)NC(Cc1ccc(O)cc1)C(=O)NC(CCCCN)C(=O)O. The number of nitrogens with one attached hydrogen (secondary N) is 3. The Kier molecular flexibility index (Phi) is 13.8. The molecule has 38 heavy (non-hydrogen) atoms. The van der Waals surface area contributed by atoms with Gasteiger partial charge >= 0.3 is 11.9 Å². The number of aromatic hydroxyl groups is 1. The van der Waals surface area contributed by atoms with Crippen LogP contribution < -0.4 is 27.4 Å². The van der Waals surface area contributed by atoms with Crippen LogP contribution in [0.2, 0.25) is 0 Å². The Morgan fingerprint density at radius 1 is 0.842 bits per heavy atom. The highest BCUT2D eigenvalue weighted by molar-refractivity contribution is 5.95. The standard InChI is InChI=1S/C25H39N5O8/c1-14(2)11-17(27)22(34)29-20(13-21(32)33)24(36)30-19(12-15-6-8-16(31)9-7-15)23(35)28-18(25(37)38)5-3-4-10-26/h6-9,14,17-20,31H,3-5,10-13,26-27H2,1-2H3,(H,28,35)(H,29,34)(H,30,36)(H,32,33)(H,37,38). The predicted molar refractivity (Wildman–Crippen MR) is 138 cm³/mol. The minimum absolute atomic E-state index is 0.0217. The minimum Gasteiger partial charge on any atom is -0.508 e. The average molecular weight is 538 g/mol. The molecule has 0 spiro atoms. The van der Waals surface area contributed by atoms with Gasteiger partial charge in [0.05, 0.1) is 12.5 Å². The van der Waals surface area contributed by atoms with E-state index in [1.165, 1.54) is 24.3 Å². The summed E-state index contributed by atoms with van der Waals surface area (Å²) in [7, 11) is 0. The number of aliphatic carboxylic acids is 2. The van der Waals surface area contributed by atoms with E-state index in [4.69, 9.17) is 11.5 Å². The van der Waals surface area contributed by atoms with Crippen LogP contribution in [0.15, 0.2) is 24.3 Å². The summed E-state index contributed by atoms with van der Waals surface area (Å²) in [6, 6.07) is 0.717. The van der Waals surface area contributed by atoms with E-state index in [-0.39, 0.29) is 24.5 Å². The number of carbonyl (C=O) groups is 5. The van der Waals surface area contributed by atoms with Crippen molar-refractivity contribution in [1.29, 1.82) is 0 Å². The zero-order chi connectivity index (χ0) is 28.8. The van der Waals surface area contributed by atoms with E-state index in [0.717, 1.165) is 0 Å². The average Bonchev–Trinajstić information content (AvgIpc) is 2.82. The molecule has 10 N–H and O–H groups in total. The summed E-state index contributed by atoms with van der Waals surface area (Å²) < 4.78 is 0. The smallest absolute Gasteiger partial charge is 0.326 e. The highest BCUT2D eigenvalue weighted by Gasteiger charge is 2.31. The second kappa shape index (κ2) is 16.2. The largest absolute Gasteiger partial charge is 0.508 e. The third-order valence-electron chi connectivity index (χ3n) is 5.64. The van der Waals surface area contributed by atoms with Crippen molar-refractivity contribution in [3.8, 4) is 5.75 Å². The molecule has 1 rings (SSSR count). The number of hydrogen-bond acceptors (Lipinski definition) is 8. The van der Waals surface area contributed by atoms with Crippen molar-refractivity contribution in [3.63, 3.8) is 0 Å². The van der Waals surface area contributed by atoms with E-state index in [1.807, 2.05) is 13.8 Å². The van der Waals surface area contributed by atoms with Crippen LogP contribution >= 0.6 is 0 Å². The Labute approximate surface area is 221 Å². The zero-order valence-electron chi connectivity index (χ0n) is 21.7. The van der Waals surface area contributed by atoms with Gasteiger partial charge in [-0.15, -0.1) is 0 Å². The summed E-state index contributed by atoms with van der Waals surface area (Å²) in [5, 5.41) is 35.5. The molecule has 13 heteroatoms. The second-order valence-corrected chi connectivity index (χ2v) is 9.51. The van der Waals surface area contributed by atoms with E-state index in [0.29, 0.717) is 31.4 Å². The number of phenolic OH excluding ortho intramolecular Hbond substituents is 1. The van der Waals surface area contributed by atoms with Gasteiger partial charge in [0.25, 0.3) is 0 Å². The lowest BCUT2D eigenvalue weighted by Crippen LogP contribution is -2.58. The van der Waals surface area contributed by atoms with Crippen molar-refractivity contribution in [2.24, 2.45) is 17.4 Å². The highest BCUT2D eigenvalue weighted by atomic mass is 16.4. The lowest BCUT2D eigenvalue weighted by molar-refractivity contribution is -0.143. The van der Waals surface area contributed by atoms with Gasteiger partial charge in [0.2, 0.25) is 17.7 Å². The third kappa shape index (κ3) is 12.0. The van der Waals surface area contributed by atoms with Crippen molar-refractivity contribution in [1.82, 2.24) is 16.0 Å². The van der Waals surface area contributed by atoms with Gasteiger partial charge in [0.1, 0.15) is 23.9 Å². The summed E-state index contributed by atoms with van der Waals surface area (Å²) in [5.74, 6) is -5.06. The second-order valence-electron chi connectivity index (χ2n) is 9.51. The quantitative estimate of drug-likeness (QED) is 0.118. The Morgan fingerprint density at radius 3 is 1.92 bits per heavy atom. The van der Waals surface area contributed by atoms with Crippen LogP contribution in [0, 0.1) is 5.92 Å². The number of unbranched alkanes of at least 4 members (excludes halogenated alkanes) is 1. The van der Waals surface area contributed by atoms with Crippen LogP contribution in [0.25, 0.3) is 0 Å². The molecule has 13 nitrogen and oxygen atoms in total. The number of carboxylic acid groups (broad SMARTS) is 2. The van der Waals surface area contributed by atoms with E-state index in [2.05, 4.69) is 16.0 Å². The number of nitrogens with two attached hydrogens (primary N) is 2. The van der Waals surface area contributed by atoms with Gasteiger partial charge in [-0.3, -0.25) is 19.2 Å². The topological polar surface area (TPSA) is 234 Å². The number of amides is 3. The highest BCUT2D eigenvalue weighted by Crippen LogP contribution is 2.12. The van der Waals surface area contributed by atoms with Crippen molar-refractivity contribution in [2.45, 2.75) is 76.5 Å². The van der Waals surface area contributed by atoms with Gasteiger partial charge < -0.3 is 42.7 Å². The number of benzene rings is 1. The molecule has 1 aromatic rings. The molecular formula is C25H39N5O8. The summed E-state index contributed by atoms with van der Waals surface area (Å²) in [4.78, 5) is 61.7. The number of phenols is 1. The number of carbonyl (C=O) groups excluding carboxylic acids is 3. The maximum absolute atomic E-state index is 13.1. The molecule has 0 saturated heterocycles. The molecule has 4 unspecified atom stereocenters. The minimum atomic E-state index is -1.53. The maximum Gasteiger partial charge on any atom is 0.326 e. The molecule has 0 aromatic heterocycles. The predicted octanol–water partition coefficient (Wildman–Crippen LogP) is -0.549. The van der Waals surface area contributed by atoms with Crippen molar-refractivity contribution in [2.75, 3.05) is 6.54 Å². The molecule has 1 aromatic carbocycles. The van der Waals surface area contributed by atoms with E-state index < -0.39 is 60.2 Å². The van der Waals surface area contributed by atoms with Crippen LogP contribution in [0.3, 0.4) is 0 Å². The van der Waals surface area contributed by atoms with Crippen LogP contribution in [0.4, 0.5) is 0 Å². The molecule has 3 amide bonds. The molecular weight excluding hydrogens is 498 g/mol. The lowest BCUT2D eigenvalue weighted by Gasteiger charge is -2.25. The fourth-order valence-corrected chi connectivity index (χ4v) is 3.65. The first-order chi connectivity index (χ1) is 17.8. The number of carboxylic acids is 2. The molecule has 4 atom stereocenters. The number of hydrogen-bond donors (Lipinski definition) is 8. The van der Waals surface area contributed by atoms with Crippen LogP contribution in [0.1, 0.15) is 51.5 Å². The first-order valence-corrected chi connectivity index (χ1v) is 12.4. The van der Waals surface area contributed by atoms with Crippen LogP contribution in [-0.2, 0) is 30.4 Å². The Balaban J connectivity index is 3.14. The Hall–Kier alpha value is -3.71. The summed E-state index contributed by atoms with van der Waals surface area (Å²) in [6.07, 6.45) is 0.558. The molecule has 0 heterocycles. The van der Waals surface area contributed by atoms with Crippen molar-refractivity contribution >= 4 is 29.7 Å². The molecule has 0 fully saturated rings. The monoisotopic (exact) mass is 537 g/mol. The molecule has 0 bridgehead atoms. The molecule has 212 valence electrons. The van der Waals surface area contributed by atoms with Crippen molar-refractivity contribution in [3.05, 3.63) is 29.8 Å². The van der Waals surface area contributed by atoms with E-state index in [9.17, 15) is 39.3 Å². The van der Waals surface area contributed by atoms with E-state index >= 15 is 0 Å². The molecule has 0 saturated carbocycles. The van der Waals surface area contributed by atoms with Gasteiger partial charge in [-0.2, -0.15) is 0 Å². The van der Waals surface area contributed by atoms with Crippen LogP contribution in [0.5, 0.6) is 5.75 Å². The molecule has 0 radical (unpaired) electrons. The third-order valence-corrected chi connectivity index (χ3v) is 5.64. The fourth-order valence-electron chi connectivity index (χ4n) is 3.65.